The lowest BCUT2D eigenvalue weighted by Crippen LogP contribution is -2.27. The summed E-state index contributed by atoms with van der Waals surface area (Å²) >= 11 is 0. The number of aromatic nitrogens is 2. The number of carbonyl (C=O) groups is 1. The molecule has 1 aliphatic heterocycles. The minimum absolute atomic E-state index is 0.124. The van der Waals surface area contributed by atoms with Crippen LogP contribution in [0, 0.1) is 0 Å². The summed E-state index contributed by atoms with van der Waals surface area (Å²) in [5.74, 6) is 0.776. The Labute approximate surface area is 176 Å². The maximum Gasteiger partial charge on any atom is 0.254 e. The van der Waals surface area contributed by atoms with E-state index in [-0.39, 0.29) is 5.91 Å². The Hall–Kier alpha value is -3.06. The Morgan fingerprint density at radius 2 is 2.20 bits per heavy atom. The number of amides is 1. The number of pyridine rings is 1. The summed E-state index contributed by atoms with van der Waals surface area (Å²) < 4.78 is 5.35. The smallest absolute Gasteiger partial charge is 0.254 e. The van der Waals surface area contributed by atoms with Crippen LogP contribution in [0.2, 0.25) is 0 Å². The third-order valence-electron chi connectivity index (χ3n) is 5.77. The molecule has 7 heteroatoms. The first-order valence-electron chi connectivity index (χ1n) is 10.5. The summed E-state index contributed by atoms with van der Waals surface area (Å²) in [5.41, 5.74) is 3.51. The fourth-order valence-electron chi connectivity index (χ4n) is 4.16. The standard InChI is InChI=1S/C23H29N5O2/c1-24-23(29)20-14-26-22-19(8-10-25-22)21(20)27-17-6-4-11-28(12-9-17)15-16-5-3-7-18(13-16)30-2/h3,5,7-8,10,13-14,17H,4,6,9,11-12,15H2,1-2H3,(H,24,29)(H2,25,26,27). The highest BCUT2D eigenvalue weighted by Gasteiger charge is 2.21. The minimum atomic E-state index is -0.124. The SMILES string of the molecule is CNC(=O)c1cnc2[nH]ccc2c1NC1CCCN(Cc2cccc(OC)c2)CC1. The highest BCUT2D eigenvalue weighted by molar-refractivity contribution is 6.06. The zero-order valence-electron chi connectivity index (χ0n) is 17.6. The highest BCUT2D eigenvalue weighted by Crippen LogP contribution is 2.28. The summed E-state index contributed by atoms with van der Waals surface area (Å²) in [6.45, 7) is 2.99. The molecule has 0 bridgehead atoms. The molecular formula is C23H29N5O2. The zero-order valence-corrected chi connectivity index (χ0v) is 17.6. The summed E-state index contributed by atoms with van der Waals surface area (Å²) in [5, 5.41) is 7.35. The van der Waals surface area contributed by atoms with Crippen molar-refractivity contribution >= 4 is 22.6 Å². The van der Waals surface area contributed by atoms with Gasteiger partial charge in [0.1, 0.15) is 11.4 Å². The number of nitrogens with zero attached hydrogens (tertiary/aromatic N) is 2. The number of fused-ring (bicyclic) bond motifs is 1. The van der Waals surface area contributed by atoms with E-state index >= 15 is 0 Å². The molecule has 0 spiro atoms. The summed E-state index contributed by atoms with van der Waals surface area (Å²) in [6.07, 6.45) is 6.70. The van der Waals surface area contributed by atoms with Crippen LogP contribution < -0.4 is 15.4 Å². The van der Waals surface area contributed by atoms with E-state index < -0.39 is 0 Å². The molecule has 1 amide bonds. The Balaban J connectivity index is 1.46. The van der Waals surface area contributed by atoms with Crippen LogP contribution in [-0.2, 0) is 6.54 Å². The van der Waals surface area contributed by atoms with Gasteiger partial charge in [0, 0.05) is 44.0 Å². The first-order chi connectivity index (χ1) is 14.7. The Bertz CT molecular complexity index is 1020. The van der Waals surface area contributed by atoms with Gasteiger partial charge in [-0.15, -0.1) is 0 Å². The fraction of sp³-hybridized carbons (Fsp3) is 0.391. The van der Waals surface area contributed by atoms with Crippen molar-refractivity contribution in [3.8, 4) is 5.75 Å². The molecule has 0 radical (unpaired) electrons. The molecule has 3 N–H and O–H groups in total. The highest BCUT2D eigenvalue weighted by atomic mass is 16.5. The molecule has 3 aromatic rings. The van der Waals surface area contributed by atoms with Crippen molar-refractivity contribution in [1.29, 1.82) is 0 Å². The number of aromatic amines is 1. The van der Waals surface area contributed by atoms with E-state index in [1.165, 1.54) is 5.56 Å². The second kappa shape index (κ2) is 9.17. The number of H-pyrrole nitrogens is 1. The van der Waals surface area contributed by atoms with Crippen molar-refractivity contribution in [3.63, 3.8) is 0 Å². The quantitative estimate of drug-likeness (QED) is 0.583. The van der Waals surface area contributed by atoms with Crippen LogP contribution in [0.5, 0.6) is 5.75 Å². The Morgan fingerprint density at radius 1 is 1.30 bits per heavy atom. The predicted octanol–water partition coefficient (Wildman–Crippen LogP) is 3.40. The monoisotopic (exact) mass is 407 g/mol. The molecule has 7 nitrogen and oxygen atoms in total. The first kappa shape index (κ1) is 20.2. The Kier molecular flexibility index (Phi) is 6.18. The second-order valence-electron chi connectivity index (χ2n) is 7.77. The number of methoxy groups -OCH3 is 1. The molecule has 158 valence electrons. The van der Waals surface area contributed by atoms with Crippen molar-refractivity contribution in [2.45, 2.75) is 31.8 Å². The normalized spacial score (nSPS) is 17.5. The topological polar surface area (TPSA) is 82.3 Å². The number of hydrogen-bond donors (Lipinski definition) is 3. The molecule has 0 aliphatic carbocycles. The molecule has 4 rings (SSSR count). The summed E-state index contributed by atoms with van der Waals surface area (Å²) in [6, 6.07) is 10.6. The van der Waals surface area contributed by atoms with E-state index in [0.717, 1.165) is 61.4 Å². The van der Waals surface area contributed by atoms with E-state index in [2.05, 4.69) is 37.6 Å². The number of likely N-dealkylation sites (tertiary alicyclic amines) is 1. The molecule has 30 heavy (non-hydrogen) atoms. The van der Waals surface area contributed by atoms with Crippen molar-refractivity contribution in [2.24, 2.45) is 0 Å². The van der Waals surface area contributed by atoms with Crippen LogP contribution >= 0.6 is 0 Å². The van der Waals surface area contributed by atoms with Crippen molar-refractivity contribution < 1.29 is 9.53 Å². The predicted molar refractivity (Wildman–Crippen MR) is 119 cm³/mol. The Morgan fingerprint density at radius 3 is 3.03 bits per heavy atom. The maximum atomic E-state index is 12.4. The lowest BCUT2D eigenvalue weighted by atomic mass is 10.1. The average molecular weight is 408 g/mol. The van der Waals surface area contributed by atoms with Gasteiger partial charge in [0.15, 0.2) is 0 Å². The van der Waals surface area contributed by atoms with Gasteiger partial charge in [0.25, 0.3) is 5.91 Å². The third kappa shape index (κ3) is 4.41. The van der Waals surface area contributed by atoms with Crippen LogP contribution in [-0.4, -0.2) is 54.1 Å². The maximum absolute atomic E-state index is 12.4. The van der Waals surface area contributed by atoms with E-state index in [9.17, 15) is 4.79 Å². The number of anilines is 1. The number of nitrogens with one attached hydrogen (secondary N) is 3. The molecule has 1 unspecified atom stereocenters. The van der Waals surface area contributed by atoms with Gasteiger partial charge < -0.3 is 20.4 Å². The van der Waals surface area contributed by atoms with Gasteiger partial charge in [-0.25, -0.2) is 4.98 Å². The van der Waals surface area contributed by atoms with E-state index in [0.29, 0.717) is 11.6 Å². The largest absolute Gasteiger partial charge is 0.497 e. The summed E-state index contributed by atoms with van der Waals surface area (Å²) in [4.78, 5) is 22.4. The lowest BCUT2D eigenvalue weighted by molar-refractivity contribution is 0.0963. The average Bonchev–Trinajstić information content (AvgIpc) is 3.15. The molecule has 1 aliphatic rings. The van der Waals surface area contributed by atoms with Crippen molar-refractivity contribution in [1.82, 2.24) is 20.2 Å². The fourth-order valence-corrected chi connectivity index (χ4v) is 4.16. The molecule has 1 aromatic carbocycles. The van der Waals surface area contributed by atoms with Gasteiger partial charge in [-0.05, 0) is 49.6 Å². The summed E-state index contributed by atoms with van der Waals surface area (Å²) in [7, 11) is 3.35. The molecular weight excluding hydrogens is 378 g/mol. The van der Waals surface area contributed by atoms with Gasteiger partial charge in [0.05, 0.1) is 18.4 Å². The van der Waals surface area contributed by atoms with E-state index in [1.54, 1.807) is 20.4 Å². The van der Waals surface area contributed by atoms with E-state index in [4.69, 9.17) is 4.74 Å². The van der Waals surface area contributed by atoms with Crippen LogP contribution in [0.15, 0.2) is 42.7 Å². The molecule has 1 saturated heterocycles. The lowest BCUT2D eigenvalue weighted by Gasteiger charge is -2.22. The van der Waals surface area contributed by atoms with Crippen LogP contribution in [0.4, 0.5) is 5.69 Å². The van der Waals surface area contributed by atoms with Gasteiger partial charge in [-0.2, -0.15) is 0 Å². The van der Waals surface area contributed by atoms with Crippen LogP contribution in [0.1, 0.15) is 35.2 Å². The van der Waals surface area contributed by atoms with E-state index in [1.807, 2.05) is 24.4 Å². The van der Waals surface area contributed by atoms with Crippen LogP contribution in [0.3, 0.4) is 0 Å². The molecule has 3 heterocycles. The number of carbonyl (C=O) groups excluding carboxylic acids is 1. The number of benzene rings is 1. The number of ether oxygens (including phenoxy) is 1. The number of rotatable bonds is 6. The van der Waals surface area contributed by atoms with Crippen molar-refractivity contribution in [2.75, 3.05) is 32.6 Å². The number of hydrogen-bond acceptors (Lipinski definition) is 5. The van der Waals surface area contributed by atoms with Gasteiger partial charge >= 0.3 is 0 Å². The minimum Gasteiger partial charge on any atom is -0.497 e. The van der Waals surface area contributed by atoms with Crippen LogP contribution in [0.25, 0.3) is 11.0 Å². The van der Waals surface area contributed by atoms with Gasteiger partial charge in [-0.1, -0.05) is 12.1 Å². The second-order valence-corrected chi connectivity index (χ2v) is 7.77. The van der Waals surface area contributed by atoms with Crippen molar-refractivity contribution in [3.05, 3.63) is 53.9 Å². The van der Waals surface area contributed by atoms with Gasteiger partial charge in [-0.3, -0.25) is 9.69 Å². The third-order valence-corrected chi connectivity index (χ3v) is 5.77. The molecule has 0 saturated carbocycles. The zero-order chi connectivity index (χ0) is 20.9. The first-order valence-corrected chi connectivity index (χ1v) is 10.5. The molecule has 1 atom stereocenters. The molecule has 1 fully saturated rings. The molecule has 2 aromatic heterocycles. The van der Waals surface area contributed by atoms with Gasteiger partial charge in [0.2, 0.25) is 0 Å².